The number of aromatic nitrogens is 2. The van der Waals surface area contributed by atoms with Gasteiger partial charge < -0.3 is 9.88 Å². The van der Waals surface area contributed by atoms with Gasteiger partial charge in [-0.15, -0.1) is 0 Å². The van der Waals surface area contributed by atoms with E-state index in [9.17, 15) is 13.2 Å². The van der Waals surface area contributed by atoms with E-state index in [1.165, 1.54) is 0 Å². The van der Waals surface area contributed by atoms with Gasteiger partial charge in [0.05, 0.1) is 5.92 Å². The zero-order chi connectivity index (χ0) is 15.5. The second kappa shape index (κ2) is 6.81. The third-order valence-corrected chi connectivity index (χ3v) is 4.73. The second-order valence-electron chi connectivity index (χ2n) is 5.98. The van der Waals surface area contributed by atoms with Crippen molar-refractivity contribution in [1.29, 1.82) is 0 Å². The Morgan fingerprint density at radius 3 is 2.67 bits per heavy atom. The number of nitrogens with one attached hydrogen (secondary N) is 1. The zero-order valence-corrected chi connectivity index (χ0v) is 12.7. The van der Waals surface area contributed by atoms with Gasteiger partial charge in [-0.2, -0.15) is 13.2 Å². The summed E-state index contributed by atoms with van der Waals surface area (Å²) < 4.78 is 41.6. The number of hydrogen-bond donors (Lipinski definition) is 1. The van der Waals surface area contributed by atoms with Crippen molar-refractivity contribution in [1.82, 2.24) is 14.9 Å². The van der Waals surface area contributed by atoms with Crippen LogP contribution in [0.15, 0.2) is 12.4 Å². The molecule has 3 nitrogen and oxygen atoms in total. The van der Waals surface area contributed by atoms with E-state index in [1.807, 2.05) is 17.8 Å². The average molecular weight is 303 g/mol. The quantitative estimate of drug-likeness (QED) is 0.904. The van der Waals surface area contributed by atoms with Crippen molar-refractivity contribution in [3.63, 3.8) is 0 Å². The van der Waals surface area contributed by atoms with E-state index in [4.69, 9.17) is 0 Å². The Balaban J connectivity index is 2.02. The Kier molecular flexibility index (Phi) is 5.30. The van der Waals surface area contributed by atoms with Crippen molar-refractivity contribution >= 4 is 0 Å². The summed E-state index contributed by atoms with van der Waals surface area (Å²) in [6.45, 7) is 0. The van der Waals surface area contributed by atoms with Gasteiger partial charge in [0.25, 0.3) is 0 Å². The molecule has 0 amide bonds. The molecule has 1 aliphatic rings. The highest BCUT2D eigenvalue weighted by Gasteiger charge is 2.47. The van der Waals surface area contributed by atoms with Crippen LogP contribution in [-0.4, -0.2) is 28.8 Å². The lowest BCUT2D eigenvalue weighted by Gasteiger charge is -2.38. The minimum atomic E-state index is -4.08. The molecule has 6 heteroatoms. The number of nitrogens with zero attached hydrogens (tertiary/aromatic N) is 2. The Labute approximate surface area is 123 Å². The molecule has 3 unspecified atom stereocenters. The molecular formula is C15H24F3N3. The molecule has 0 bridgehead atoms. The maximum atomic E-state index is 13.2. The number of hydrogen-bond acceptors (Lipinski definition) is 2. The van der Waals surface area contributed by atoms with Crippen molar-refractivity contribution in [2.45, 2.75) is 50.7 Å². The maximum absolute atomic E-state index is 13.2. The Morgan fingerprint density at radius 1 is 1.38 bits per heavy atom. The highest BCUT2D eigenvalue weighted by molar-refractivity contribution is 4.94. The smallest absolute Gasteiger partial charge is 0.338 e. The molecule has 21 heavy (non-hydrogen) atoms. The fourth-order valence-electron chi connectivity index (χ4n) is 3.54. The van der Waals surface area contributed by atoms with Gasteiger partial charge >= 0.3 is 6.18 Å². The molecule has 120 valence electrons. The molecule has 3 atom stereocenters. The van der Waals surface area contributed by atoms with Crippen LogP contribution in [0.4, 0.5) is 13.2 Å². The van der Waals surface area contributed by atoms with Crippen molar-refractivity contribution in [3.8, 4) is 0 Å². The van der Waals surface area contributed by atoms with E-state index in [-0.39, 0.29) is 18.4 Å². The van der Waals surface area contributed by atoms with Crippen LogP contribution in [0.3, 0.4) is 0 Å². The average Bonchev–Trinajstić information content (AvgIpc) is 2.84. The van der Waals surface area contributed by atoms with Crippen molar-refractivity contribution < 1.29 is 13.2 Å². The maximum Gasteiger partial charge on any atom is 0.392 e. The molecule has 1 aromatic rings. The lowest BCUT2D eigenvalue weighted by Crippen LogP contribution is -2.44. The first-order chi connectivity index (χ1) is 9.93. The highest BCUT2D eigenvalue weighted by atomic mass is 19.4. The number of rotatable bonds is 5. The lowest BCUT2D eigenvalue weighted by atomic mass is 9.73. The predicted molar refractivity (Wildman–Crippen MR) is 75.9 cm³/mol. The summed E-state index contributed by atoms with van der Waals surface area (Å²) in [5.41, 5.74) is 0. The number of aryl methyl sites for hydroxylation is 2. The van der Waals surface area contributed by atoms with Crippen molar-refractivity contribution in [2.75, 3.05) is 7.05 Å². The molecule has 1 heterocycles. The Hall–Kier alpha value is -1.04. The lowest BCUT2D eigenvalue weighted by molar-refractivity contribution is -0.199. The van der Waals surface area contributed by atoms with Gasteiger partial charge in [-0.05, 0) is 32.2 Å². The summed E-state index contributed by atoms with van der Waals surface area (Å²) in [4.78, 5) is 4.25. The molecule has 0 spiro atoms. The highest BCUT2D eigenvalue weighted by Crippen LogP contribution is 2.43. The molecule has 0 radical (unpaired) electrons. The summed E-state index contributed by atoms with van der Waals surface area (Å²) in [5.74, 6) is -0.552. The SMILES string of the molecule is CNC(CCc1nccn1C)C1CCCCC1C(F)(F)F. The summed E-state index contributed by atoms with van der Waals surface area (Å²) in [5, 5.41) is 3.12. The molecule has 1 fully saturated rings. The third kappa shape index (κ3) is 3.99. The standard InChI is InChI=1S/C15H24F3N3/c1-19-13(7-8-14-20-9-10-21(14)2)11-5-3-4-6-12(11)15(16,17)18/h9-13,19H,3-8H2,1-2H3. The molecule has 1 saturated carbocycles. The third-order valence-electron chi connectivity index (χ3n) is 4.73. The minimum Gasteiger partial charge on any atom is -0.338 e. The Bertz CT molecular complexity index is 442. The fraction of sp³-hybridized carbons (Fsp3) is 0.800. The summed E-state index contributed by atoms with van der Waals surface area (Å²) in [6.07, 6.45) is 3.43. The van der Waals surface area contributed by atoms with E-state index < -0.39 is 12.1 Å². The second-order valence-corrected chi connectivity index (χ2v) is 5.98. The molecule has 1 aliphatic carbocycles. The number of alkyl halides is 3. The normalized spacial score (nSPS) is 25.0. The first-order valence-corrected chi connectivity index (χ1v) is 7.63. The zero-order valence-electron chi connectivity index (χ0n) is 12.7. The molecule has 1 aromatic heterocycles. The fourth-order valence-corrected chi connectivity index (χ4v) is 3.54. The van der Waals surface area contributed by atoms with Gasteiger partial charge in [-0.1, -0.05) is 12.8 Å². The van der Waals surface area contributed by atoms with Gasteiger partial charge in [0, 0.05) is 31.9 Å². The van der Waals surface area contributed by atoms with Gasteiger partial charge in [0.2, 0.25) is 0 Å². The number of imidazole rings is 1. The van der Waals surface area contributed by atoms with Crippen LogP contribution in [0.1, 0.15) is 37.9 Å². The topological polar surface area (TPSA) is 29.9 Å². The molecule has 2 rings (SSSR count). The Morgan fingerprint density at radius 2 is 2.10 bits per heavy atom. The summed E-state index contributed by atoms with van der Waals surface area (Å²) >= 11 is 0. The molecule has 0 aromatic carbocycles. The van der Waals surface area contributed by atoms with Crippen LogP contribution < -0.4 is 5.32 Å². The summed E-state index contributed by atoms with van der Waals surface area (Å²) in [7, 11) is 3.68. The van der Waals surface area contributed by atoms with Crippen LogP contribution in [0.2, 0.25) is 0 Å². The first kappa shape index (κ1) is 16.3. The van der Waals surface area contributed by atoms with E-state index in [0.29, 0.717) is 25.7 Å². The van der Waals surface area contributed by atoms with Crippen LogP contribution in [0.25, 0.3) is 0 Å². The van der Waals surface area contributed by atoms with Gasteiger partial charge in [0.15, 0.2) is 0 Å². The van der Waals surface area contributed by atoms with E-state index in [1.54, 1.807) is 13.2 Å². The van der Waals surface area contributed by atoms with Crippen molar-refractivity contribution in [2.24, 2.45) is 18.9 Å². The van der Waals surface area contributed by atoms with E-state index >= 15 is 0 Å². The largest absolute Gasteiger partial charge is 0.392 e. The monoisotopic (exact) mass is 303 g/mol. The summed E-state index contributed by atoms with van der Waals surface area (Å²) in [6, 6.07) is -0.103. The predicted octanol–water partition coefficient (Wildman–Crippen LogP) is 3.31. The van der Waals surface area contributed by atoms with Gasteiger partial charge in [-0.3, -0.25) is 0 Å². The van der Waals surface area contributed by atoms with Gasteiger partial charge in [0.1, 0.15) is 5.82 Å². The van der Waals surface area contributed by atoms with Gasteiger partial charge in [-0.25, -0.2) is 4.98 Å². The van der Waals surface area contributed by atoms with Crippen LogP contribution in [0, 0.1) is 11.8 Å². The van der Waals surface area contributed by atoms with Crippen LogP contribution in [-0.2, 0) is 13.5 Å². The van der Waals surface area contributed by atoms with Crippen molar-refractivity contribution in [3.05, 3.63) is 18.2 Å². The number of halogens is 3. The van der Waals surface area contributed by atoms with E-state index in [0.717, 1.165) is 12.2 Å². The van der Waals surface area contributed by atoms with Crippen LogP contribution >= 0.6 is 0 Å². The molecule has 0 aliphatic heterocycles. The minimum absolute atomic E-state index is 0.103. The van der Waals surface area contributed by atoms with Crippen LogP contribution in [0.5, 0.6) is 0 Å². The molecule has 1 N–H and O–H groups in total. The first-order valence-electron chi connectivity index (χ1n) is 7.63. The molecular weight excluding hydrogens is 279 g/mol. The van der Waals surface area contributed by atoms with E-state index in [2.05, 4.69) is 10.3 Å². The molecule has 0 saturated heterocycles.